The molecule has 0 saturated heterocycles. The van der Waals surface area contributed by atoms with Crippen molar-refractivity contribution in [2.45, 2.75) is 84.3 Å². The van der Waals surface area contributed by atoms with Crippen molar-refractivity contribution in [3.05, 3.63) is 23.8 Å². The highest BCUT2D eigenvalue weighted by molar-refractivity contribution is 5.83. The van der Waals surface area contributed by atoms with Crippen molar-refractivity contribution in [1.82, 2.24) is 0 Å². The Kier molecular flexibility index (Phi) is 8.60. The van der Waals surface area contributed by atoms with E-state index >= 15 is 0 Å². The zero-order chi connectivity index (χ0) is 17.3. The lowest BCUT2D eigenvalue weighted by Crippen LogP contribution is -2.24. The smallest absolute Gasteiger partial charge is 0.331 e. The molecule has 23 heavy (non-hydrogen) atoms. The topological polar surface area (TPSA) is 35.5 Å². The van der Waals surface area contributed by atoms with Crippen molar-refractivity contribution < 1.29 is 14.3 Å². The van der Waals surface area contributed by atoms with Gasteiger partial charge in [-0.1, -0.05) is 31.9 Å². The predicted molar refractivity (Wildman–Crippen MR) is 95.3 cm³/mol. The number of esters is 1. The standard InChI is InChI=1S/C20H34O3/c1-16(11-8-14-20(3,4)22-5)9-6-10-17(2)15-19(21)23-18-12-7-13-18/h6,10,15-16,18H,7-9,11-14H2,1-5H3/b10-6+,17-15+. The third-order valence-electron chi connectivity index (χ3n) is 4.63. The van der Waals surface area contributed by atoms with Gasteiger partial charge in [-0.3, -0.25) is 0 Å². The fraction of sp³-hybridized carbons (Fsp3) is 0.750. The van der Waals surface area contributed by atoms with E-state index in [0.29, 0.717) is 5.92 Å². The average molecular weight is 322 g/mol. The maximum absolute atomic E-state index is 11.7. The van der Waals surface area contributed by atoms with Crippen LogP contribution in [-0.4, -0.2) is 24.8 Å². The van der Waals surface area contributed by atoms with Crippen LogP contribution in [0.1, 0.15) is 72.6 Å². The van der Waals surface area contributed by atoms with Gasteiger partial charge in [0.2, 0.25) is 0 Å². The van der Waals surface area contributed by atoms with Gasteiger partial charge in [0.15, 0.2) is 0 Å². The Bertz CT molecular complexity index is 417. The van der Waals surface area contributed by atoms with Crippen molar-refractivity contribution in [3.63, 3.8) is 0 Å². The molecule has 3 nitrogen and oxygen atoms in total. The number of carbonyl (C=O) groups is 1. The molecule has 1 rings (SSSR count). The molecule has 1 atom stereocenters. The molecule has 1 saturated carbocycles. The summed E-state index contributed by atoms with van der Waals surface area (Å²) in [5.41, 5.74) is 0.942. The molecule has 0 spiro atoms. The monoisotopic (exact) mass is 322 g/mol. The number of hydrogen-bond acceptors (Lipinski definition) is 3. The van der Waals surface area contributed by atoms with E-state index in [1.54, 1.807) is 13.2 Å². The molecule has 0 aromatic carbocycles. The van der Waals surface area contributed by atoms with Gasteiger partial charge in [-0.25, -0.2) is 4.79 Å². The van der Waals surface area contributed by atoms with Crippen LogP contribution >= 0.6 is 0 Å². The Hall–Kier alpha value is -1.09. The molecule has 0 bridgehead atoms. The number of carbonyl (C=O) groups excluding carboxylic acids is 1. The summed E-state index contributed by atoms with van der Waals surface area (Å²) in [5, 5.41) is 0. The third-order valence-corrected chi connectivity index (χ3v) is 4.63. The van der Waals surface area contributed by atoms with Crippen molar-refractivity contribution in [1.29, 1.82) is 0 Å². The van der Waals surface area contributed by atoms with Crippen LogP contribution in [0.5, 0.6) is 0 Å². The highest BCUT2D eigenvalue weighted by Crippen LogP contribution is 2.22. The summed E-state index contributed by atoms with van der Waals surface area (Å²) in [4.78, 5) is 11.7. The molecule has 1 unspecified atom stereocenters. The van der Waals surface area contributed by atoms with Gasteiger partial charge in [-0.15, -0.1) is 0 Å². The molecule has 0 amide bonds. The van der Waals surface area contributed by atoms with Gasteiger partial charge < -0.3 is 9.47 Å². The lowest BCUT2D eigenvalue weighted by atomic mass is 9.95. The summed E-state index contributed by atoms with van der Waals surface area (Å²) in [6.45, 7) is 8.49. The summed E-state index contributed by atoms with van der Waals surface area (Å²) in [5.74, 6) is 0.445. The van der Waals surface area contributed by atoms with Crippen LogP contribution in [0.4, 0.5) is 0 Å². The number of rotatable bonds is 10. The number of allylic oxidation sites excluding steroid dienone is 3. The van der Waals surface area contributed by atoms with E-state index in [0.717, 1.165) is 31.3 Å². The molecular weight excluding hydrogens is 288 g/mol. The molecule has 1 aliphatic rings. The van der Waals surface area contributed by atoms with Gasteiger partial charge in [-0.2, -0.15) is 0 Å². The molecular formula is C20H34O3. The van der Waals surface area contributed by atoms with Crippen LogP contribution in [-0.2, 0) is 14.3 Å². The van der Waals surface area contributed by atoms with Crippen LogP contribution in [0.3, 0.4) is 0 Å². The van der Waals surface area contributed by atoms with E-state index in [9.17, 15) is 4.79 Å². The third kappa shape index (κ3) is 8.95. The second kappa shape index (κ2) is 9.92. The Labute approximate surface area is 142 Å². The second-order valence-corrected chi connectivity index (χ2v) is 7.48. The Morgan fingerprint density at radius 1 is 1.35 bits per heavy atom. The first-order chi connectivity index (χ1) is 10.8. The maximum atomic E-state index is 11.7. The first kappa shape index (κ1) is 20.0. The molecule has 132 valence electrons. The molecule has 0 aliphatic heterocycles. The highest BCUT2D eigenvalue weighted by atomic mass is 16.5. The van der Waals surface area contributed by atoms with Crippen LogP contribution < -0.4 is 0 Å². The van der Waals surface area contributed by atoms with Crippen LogP contribution in [0.25, 0.3) is 0 Å². The number of hydrogen-bond donors (Lipinski definition) is 0. The molecule has 1 fully saturated rings. The van der Waals surface area contributed by atoms with Crippen molar-refractivity contribution >= 4 is 5.97 Å². The fourth-order valence-corrected chi connectivity index (χ4v) is 2.50. The zero-order valence-corrected chi connectivity index (χ0v) is 15.6. The van der Waals surface area contributed by atoms with Gasteiger partial charge in [0, 0.05) is 13.2 Å². The lowest BCUT2D eigenvalue weighted by Gasteiger charge is -2.24. The summed E-state index contributed by atoms with van der Waals surface area (Å²) in [6, 6.07) is 0. The molecule has 0 aromatic rings. The predicted octanol–water partition coefficient (Wildman–Crippen LogP) is 5.21. The summed E-state index contributed by atoms with van der Waals surface area (Å²) in [7, 11) is 1.78. The van der Waals surface area contributed by atoms with Gasteiger partial charge in [0.05, 0.1) is 5.60 Å². The minimum Gasteiger partial charge on any atom is -0.459 e. The molecule has 3 heteroatoms. The quantitative estimate of drug-likeness (QED) is 0.315. The van der Waals surface area contributed by atoms with Crippen molar-refractivity contribution in [2.75, 3.05) is 7.11 Å². The van der Waals surface area contributed by atoms with E-state index < -0.39 is 0 Å². The van der Waals surface area contributed by atoms with Crippen LogP contribution in [0.15, 0.2) is 23.8 Å². The van der Waals surface area contributed by atoms with Gasteiger partial charge >= 0.3 is 5.97 Å². The Balaban J connectivity index is 2.21. The average Bonchev–Trinajstić information content (AvgIpc) is 2.42. The molecule has 0 aromatic heterocycles. The summed E-state index contributed by atoms with van der Waals surface area (Å²) in [6.07, 6.45) is 13.7. The highest BCUT2D eigenvalue weighted by Gasteiger charge is 2.20. The Morgan fingerprint density at radius 2 is 2.04 bits per heavy atom. The van der Waals surface area contributed by atoms with Gasteiger partial charge in [0.25, 0.3) is 0 Å². The minimum atomic E-state index is -0.202. The van der Waals surface area contributed by atoms with Crippen LogP contribution in [0, 0.1) is 5.92 Å². The largest absolute Gasteiger partial charge is 0.459 e. The maximum Gasteiger partial charge on any atom is 0.331 e. The van der Waals surface area contributed by atoms with E-state index in [1.165, 1.54) is 19.3 Å². The van der Waals surface area contributed by atoms with Crippen molar-refractivity contribution in [3.8, 4) is 0 Å². The van der Waals surface area contributed by atoms with E-state index in [4.69, 9.17) is 9.47 Å². The first-order valence-corrected chi connectivity index (χ1v) is 8.93. The van der Waals surface area contributed by atoms with E-state index in [2.05, 4.69) is 26.8 Å². The number of ether oxygens (including phenoxy) is 2. The van der Waals surface area contributed by atoms with E-state index in [-0.39, 0.29) is 17.7 Å². The SMILES string of the molecule is COC(C)(C)CCCC(C)C/C=C/C(C)=C/C(=O)OC1CCC1. The molecule has 0 radical (unpaired) electrons. The summed E-state index contributed by atoms with van der Waals surface area (Å²) >= 11 is 0. The first-order valence-electron chi connectivity index (χ1n) is 8.93. The summed E-state index contributed by atoms with van der Waals surface area (Å²) < 4.78 is 10.8. The molecule has 0 N–H and O–H groups in total. The zero-order valence-electron chi connectivity index (χ0n) is 15.6. The second-order valence-electron chi connectivity index (χ2n) is 7.48. The molecule has 1 aliphatic carbocycles. The lowest BCUT2D eigenvalue weighted by molar-refractivity contribution is -0.146. The fourth-order valence-electron chi connectivity index (χ4n) is 2.50. The van der Waals surface area contributed by atoms with Gasteiger partial charge in [0.1, 0.15) is 6.10 Å². The number of methoxy groups -OCH3 is 1. The van der Waals surface area contributed by atoms with E-state index in [1.807, 2.05) is 13.0 Å². The van der Waals surface area contributed by atoms with Crippen molar-refractivity contribution in [2.24, 2.45) is 5.92 Å². The van der Waals surface area contributed by atoms with Crippen LogP contribution in [0.2, 0.25) is 0 Å². The Morgan fingerprint density at radius 3 is 2.61 bits per heavy atom. The normalized spacial score (nSPS) is 18.0. The molecule has 0 heterocycles. The van der Waals surface area contributed by atoms with Gasteiger partial charge in [-0.05, 0) is 64.4 Å². The minimum absolute atomic E-state index is 0.0182.